The first kappa shape index (κ1) is 11.5. The minimum Gasteiger partial charge on any atom is -0.396 e. The van der Waals surface area contributed by atoms with Crippen LogP contribution in [0.25, 0.3) is 0 Å². The minimum atomic E-state index is -0.898. The second-order valence-electron chi connectivity index (χ2n) is 3.73. The molecule has 0 fully saturated rings. The second kappa shape index (κ2) is 4.31. The molecule has 6 nitrogen and oxygen atoms in total. The lowest BCUT2D eigenvalue weighted by Crippen LogP contribution is -2.40. The van der Waals surface area contributed by atoms with Crippen molar-refractivity contribution in [2.24, 2.45) is 0 Å². The number of nitrogen functional groups attached to an aromatic ring is 1. The Morgan fingerprint density at radius 1 is 1.80 bits per heavy atom. The van der Waals surface area contributed by atoms with Crippen LogP contribution in [-0.4, -0.2) is 33.4 Å². The largest absolute Gasteiger partial charge is 0.396 e. The number of nitrogens with zero attached hydrogens (tertiary/aromatic N) is 1. The van der Waals surface area contributed by atoms with E-state index in [-0.39, 0.29) is 18.1 Å². The Labute approximate surface area is 87.9 Å². The fourth-order valence-corrected chi connectivity index (χ4v) is 0.961. The highest BCUT2D eigenvalue weighted by molar-refractivity contribution is 5.96. The third-order valence-electron chi connectivity index (χ3n) is 2.29. The number of H-pyrrole nitrogens is 1. The van der Waals surface area contributed by atoms with Crippen LogP contribution in [0, 0.1) is 0 Å². The van der Waals surface area contributed by atoms with E-state index in [9.17, 15) is 9.90 Å². The fourth-order valence-electron chi connectivity index (χ4n) is 0.961. The van der Waals surface area contributed by atoms with Crippen LogP contribution in [0.2, 0.25) is 0 Å². The summed E-state index contributed by atoms with van der Waals surface area (Å²) in [6, 6.07) is 0. The van der Waals surface area contributed by atoms with E-state index >= 15 is 0 Å². The van der Waals surface area contributed by atoms with Gasteiger partial charge in [0.2, 0.25) is 0 Å². The molecule has 0 aliphatic rings. The number of hydrogen-bond acceptors (Lipinski definition) is 4. The third kappa shape index (κ3) is 2.95. The molecule has 0 aromatic carbocycles. The number of aromatic amines is 1. The van der Waals surface area contributed by atoms with Crippen molar-refractivity contribution >= 4 is 11.6 Å². The first-order valence-corrected chi connectivity index (χ1v) is 4.75. The summed E-state index contributed by atoms with van der Waals surface area (Å²) in [5.41, 5.74) is 5.12. The van der Waals surface area contributed by atoms with E-state index in [2.05, 4.69) is 15.5 Å². The fraction of sp³-hybridized carbons (Fsp3) is 0.556. The molecule has 0 radical (unpaired) electrons. The Morgan fingerprint density at radius 2 is 2.47 bits per heavy atom. The van der Waals surface area contributed by atoms with Crippen LogP contribution in [0.4, 0.5) is 5.69 Å². The van der Waals surface area contributed by atoms with Gasteiger partial charge in [-0.25, -0.2) is 0 Å². The van der Waals surface area contributed by atoms with Gasteiger partial charge >= 0.3 is 0 Å². The Balaban J connectivity index is 2.55. The summed E-state index contributed by atoms with van der Waals surface area (Å²) in [5.74, 6) is -0.362. The lowest BCUT2D eigenvalue weighted by molar-refractivity contribution is 0.0517. The molecule has 0 spiro atoms. The van der Waals surface area contributed by atoms with Crippen LogP contribution in [0.15, 0.2) is 6.20 Å². The monoisotopic (exact) mass is 212 g/mol. The van der Waals surface area contributed by atoms with E-state index < -0.39 is 5.60 Å². The van der Waals surface area contributed by atoms with Crippen molar-refractivity contribution in [3.8, 4) is 0 Å². The Hall–Kier alpha value is -1.56. The van der Waals surface area contributed by atoms with Crippen LogP contribution in [0.3, 0.4) is 0 Å². The van der Waals surface area contributed by atoms with Gasteiger partial charge in [0.25, 0.3) is 5.91 Å². The maximum atomic E-state index is 11.5. The number of carbonyl (C=O) groups is 1. The Kier molecular flexibility index (Phi) is 3.31. The minimum absolute atomic E-state index is 0.181. The zero-order valence-corrected chi connectivity index (χ0v) is 8.87. The van der Waals surface area contributed by atoms with Gasteiger partial charge in [-0.3, -0.25) is 9.89 Å². The molecule has 0 aliphatic carbocycles. The SMILES string of the molecule is CCC(C)(O)CNC(=O)c1[nH]ncc1N. The molecule has 0 saturated carbocycles. The average molecular weight is 212 g/mol. The van der Waals surface area contributed by atoms with E-state index in [1.807, 2.05) is 6.92 Å². The van der Waals surface area contributed by atoms with Crippen LogP contribution in [-0.2, 0) is 0 Å². The number of nitrogens with two attached hydrogens (primary N) is 1. The number of aromatic nitrogens is 2. The van der Waals surface area contributed by atoms with Crippen molar-refractivity contribution in [3.05, 3.63) is 11.9 Å². The number of anilines is 1. The van der Waals surface area contributed by atoms with Gasteiger partial charge in [-0.2, -0.15) is 5.10 Å². The highest BCUT2D eigenvalue weighted by atomic mass is 16.3. The van der Waals surface area contributed by atoms with Crippen LogP contribution >= 0.6 is 0 Å². The van der Waals surface area contributed by atoms with Crippen LogP contribution in [0.5, 0.6) is 0 Å². The lowest BCUT2D eigenvalue weighted by atomic mass is 10.0. The number of nitrogens with one attached hydrogen (secondary N) is 2. The van der Waals surface area contributed by atoms with E-state index in [0.717, 1.165) is 0 Å². The zero-order chi connectivity index (χ0) is 11.5. The molecule has 1 amide bonds. The van der Waals surface area contributed by atoms with Crippen molar-refractivity contribution in [1.82, 2.24) is 15.5 Å². The molecule has 0 saturated heterocycles. The molecule has 5 N–H and O–H groups in total. The second-order valence-corrected chi connectivity index (χ2v) is 3.73. The van der Waals surface area contributed by atoms with Crippen molar-refractivity contribution in [3.63, 3.8) is 0 Å². The van der Waals surface area contributed by atoms with E-state index in [4.69, 9.17) is 5.73 Å². The van der Waals surface area contributed by atoms with Gasteiger partial charge in [-0.05, 0) is 13.3 Å². The summed E-state index contributed by atoms with van der Waals surface area (Å²) in [7, 11) is 0. The molecule has 1 rings (SSSR count). The molecule has 1 atom stereocenters. The molecular formula is C9H16N4O2. The van der Waals surface area contributed by atoms with Gasteiger partial charge in [0, 0.05) is 6.54 Å². The summed E-state index contributed by atoms with van der Waals surface area (Å²) >= 11 is 0. The Morgan fingerprint density at radius 3 is 2.93 bits per heavy atom. The molecular weight excluding hydrogens is 196 g/mol. The maximum absolute atomic E-state index is 11.5. The predicted octanol–water partition coefficient (Wildman–Crippen LogP) is -0.117. The number of hydrogen-bond donors (Lipinski definition) is 4. The average Bonchev–Trinajstić information content (AvgIpc) is 2.61. The number of aliphatic hydroxyl groups is 1. The van der Waals surface area contributed by atoms with Gasteiger partial charge < -0.3 is 16.2 Å². The number of rotatable bonds is 4. The summed E-state index contributed by atoms with van der Waals surface area (Å²) in [5, 5.41) is 18.4. The highest BCUT2D eigenvalue weighted by Crippen LogP contribution is 2.08. The van der Waals surface area contributed by atoms with Crippen LogP contribution in [0.1, 0.15) is 30.8 Å². The molecule has 1 unspecified atom stereocenters. The smallest absolute Gasteiger partial charge is 0.271 e. The van der Waals surface area contributed by atoms with Crippen molar-refractivity contribution in [1.29, 1.82) is 0 Å². The molecule has 1 heterocycles. The molecule has 0 bridgehead atoms. The topological polar surface area (TPSA) is 104 Å². The number of amides is 1. The van der Waals surface area contributed by atoms with Gasteiger partial charge in [0.1, 0.15) is 5.69 Å². The molecule has 15 heavy (non-hydrogen) atoms. The standard InChI is InChI=1S/C9H16N4O2/c1-3-9(2,15)5-11-8(14)7-6(10)4-12-13-7/h4,15H,3,5,10H2,1-2H3,(H,11,14)(H,12,13). The van der Waals surface area contributed by atoms with Crippen molar-refractivity contribution in [2.75, 3.05) is 12.3 Å². The van der Waals surface area contributed by atoms with Gasteiger partial charge in [0.05, 0.1) is 17.5 Å². The van der Waals surface area contributed by atoms with E-state index in [1.165, 1.54) is 6.20 Å². The third-order valence-corrected chi connectivity index (χ3v) is 2.29. The van der Waals surface area contributed by atoms with Gasteiger partial charge in [0.15, 0.2) is 0 Å². The number of carbonyl (C=O) groups excluding carboxylic acids is 1. The van der Waals surface area contributed by atoms with Gasteiger partial charge in [-0.15, -0.1) is 0 Å². The molecule has 1 aromatic rings. The summed E-state index contributed by atoms with van der Waals surface area (Å²) in [6.07, 6.45) is 1.93. The molecule has 1 aromatic heterocycles. The zero-order valence-electron chi connectivity index (χ0n) is 8.87. The molecule has 0 aliphatic heterocycles. The Bertz CT molecular complexity index is 346. The highest BCUT2D eigenvalue weighted by Gasteiger charge is 2.20. The normalized spacial score (nSPS) is 14.6. The summed E-state index contributed by atoms with van der Waals surface area (Å²) in [6.45, 7) is 3.68. The van der Waals surface area contributed by atoms with E-state index in [1.54, 1.807) is 6.92 Å². The summed E-state index contributed by atoms with van der Waals surface area (Å²) < 4.78 is 0. The first-order chi connectivity index (χ1) is 6.96. The quantitative estimate of drug-likeness (QED) is 0.558. The van der Waals surface area contributed by atoms with Crippen LogP contribution < -0.4 is 11.1 Å². The van der Waals surface area contributed by atoms with Gasteiger partial charge in [-0.1, -0.05) is 6.92 Å². The molecule has 84 valence electrons. The van der Waals surface area contributed by atoms with E-state index in [0.29, 0.717) is 12.1 Å². The first-order valence-electron chi connectivity index (χ1n) is 4.75. The van der Waals surface area contributed by atoms with Crippen molar-refractivity contribution < 1.29 is 9.90 Å². The maximum Gasteiger partial charge on any atom is 0.271 e. The molecule has 6 heteroatoms. The summed E-state index contributed by atoms with van der Waals surface area (Å²) in [4.78, 5) is 11.5. The lowest BCUT2D eigenvalue weighted by Gasteiger charge is -2.21. The predicted molar refractivity (Wildman–Crippen MR) is 56.2 cm³/mol. The van der Waals surface area contributed by atoms with Crippen molar-refractivity contribution in [2.45, 2.75) is 25.9 Å².